The maximum Gasteiger partial charge on any atom is 0.244 e. The second-order valence-electron chi connectivity index (χ2n) is 3.93. The number of aryl methyl sites for hydroxylation is 1. The molecule has 104 valence electrons. The zero-order valence-corrected chi connectivity index (χ0v) is 11.5. The molecule has 1 heterocycles. The van der Waals surface area contributed by atoms with E-state index in [9.17, 15) is 8.42 Å². The Kier molecular flexibility index (Phi) is 5.80. The largest absolute Gasteiger partial charge is 0.464 e. The van der Waals surface area contributed by atoms with Crippen LogP contribution in [-0.4, -0.2) is 28.7 Å². The van der Waals surface area contributed by atoms with Crippen molar-refractivity contribution in [3.63, 3.8) is 0 Å². The Morgan fingerprint density at radius 2 is 2.17 bits per heavy atom. The zero-order chi connectivity index (χ0) is 13.6. The quantitative estimate of drug-likeness (QED) is 0.683. The number of ether oxygens (including phenoxy) is 1. The minimum atomic E-state index is -3.51. The van der Waals surface area contributed by atoms with Crippen molar-refractivity contribution in [1.82, 2.24) is 4.72 Å². The van der Waals surface area contributed by atoms with Crippen molar-refractivity contribution in [1.29, 1.82) is 0 Å². The van der Waals surface area contributed by atoms with E-state index in [0.717, 1.165) is 12.8 Å². The predicted octanol–water partition coefficient (Wildman–Crippen LogP) is 0.752. The van der Waals surface area contributed by atoms with Crippen LogP contribution in [-0.2, 0) is 21.3 Å². The van der Waals surface area contributed by atoms with Crippen molar-refractivity contribution in [2.45, 2.75) is 31.2 Å². The standard InChI is InChI=1S/C11H20N2O4S/c1-9-11(7-10(8-12)17-9)18(14,15)13-5-3-4-6-16-2/h7,13H,3-6,8,12H2,1-2H3. The van der Waals surface area contributed by atoms with E-state index in [0.29, 0.717) is 24.7 Å². The molecule has 0 bridgehead atoms. The van der Waals surface area contributed by atoms with Gasteiger partial charge in [-0.3, -0.25) is 0 Å². The summed E-state index contributed by atoms with van der Waals surface area (Å²) in [6.45, 7) is 2.81. The van der Waals surface area contributed by atoms with Crippen LogP contribution in [0.2, 0.25) is 0 Å². The van der Waals surface area contributed by atoms with E-state index in [2.05, 4.69) is 4.72 Å². The minimum absolute atomic E-state index is 0.162. The summed E-state index contributed by atoms with van der Waals surface area (Å²) in [4.78, 5) is 0.162. The molecule has 3 N–H and O–H groups in total. The maximum atomic E-state index is 12.0. The van der Waals surface area contributed by atoms with Crippen molar-refractivity contribution >= 4 is 10.0 Å². The number of sulfonamides is 1. The van der Waals surface area contributed by atoms with Crippen LogP contribution in [0.1, 0.15) is 24.4 Å². The van der Waals surface area contributed by atoms with Crippen LogP contribution in [0.25, 0.3) is 0 Å². The van der Waals surface area contributed by atoms with Crippen LogP contribution in [0.15, 0.2) is 15.4 Å². The summed E-state index contributed by atoms with van der Waals surface area (Å²) in [7, 11) is -1.89. The normalized spacial score (nSPS) is 11.9. The Morgan fingerprint density at radius 3 is 2.72 bits per heavy atom. The average Bonchev–Trinajstić information content (AvgIpc) is 2.71. The number of nitrogens with one attached hydrogen (secondary N) is 1. The summed E-state index contributed by atoms with van der Waals surface area (Å²) in [5, 5.41) is 0. The first-order valence-corrected chi connectivity index (χ1v) is 7.27. The highest BCUT2D eigenvalue weighted by Gasteiger charge is 2.20. The molecule has 1 aromatic rings. The average molecular weight is 276 g/mol. The van der Waals surface area contributed by atoms with Gasteiger partial charge in [0, 0.05) is 26.3 Å². The molecule has 7 heteroatoms. The Morgan fingerprint density at radius 1 is 1.44 bits per heavy atom. The van der Waals surface area contributed by atoms with E-state index < -0.39 is 10.0 Å². The number of furan rings is 1. The van der Waals surface area contributed by atoms with Crippen LogP contribution in [0, 0.1) is 6.92 Å². The van der Waals surface area contributed by atoms with Crippen LogP contribution in [0.4, 0.5) is 0 Å². The number of hydrogen-bond acceptors (Lipinski definition) is 5. The molecular formula is C11H20N2O4S. The van der Waals surface area contributed by atoms with Gasteiger partial charge in [-0.1, -0.05) is 0 Å². The minimum Gasteiger partial charge on any atom is -0.464 e. The highest BCUT2D eigenvalue weighted by atomic mass is 32.2. The molecule has 0 amide bonds. The van der Waals surface area contributed by atoms with E-state index in [-0.39, 0.29) is 11.4 Å². The zero-order valence-electron chi connectivity index (χ0n) is 10.7. The van der Waals surface area contributed by atoms with Gasteiger partial charge in [-0.05, 0) is 19.8 Å². The Labute approximate surface area is 108 Å². The van der Waals surface area contributed by atoms with Crippen LogP contribution in [0.5, 0.6) is 0 Å². The fourth-order valence-corrected chi connectivity index (χ4v) is 2.82. The third-order valence-corrected chi connectivity index (χ3v) is 4.05. The molecule has 0 spiro atoms. The van der Waals surface area contributed by atoms with Crippen molar-refractivity contribution in [3.8, 4) is 0 Å². The second-order valence-corrected chi connectivity index (χ2v) is 5.67. The summed E-state index contributed by atoms with van der Waals surface area (Å²) in [6, 6.07) is 1.47. The molecule has 0 saturated heterocycles. The fraction of sp³-hybridized carbons (Fsp3) is 0.636. The van der Waals surface area contributed by atoms with Gasteiger partial charge in [0.15, 0.2) is 0 Å². The van der Waals surface area contributed by atoms with Crippen LogP contribution >= 0.6 is 0 Å². The highest BCUT2D eigenvalue weighted by Crippen LogP contribution is 2.19. The second kappa shape index (κ2) is 6.89. The Bertz CT molecular complexity index is 467. The molecule has 1 aromatic heterocycles. The molecule has 0 saturated carbocycles. The lowest BCUT2D eigenvalue weighted by molar-refractivity contribution is 0.193. The predicted molar refractivity (Wildman–Crippen MR) is 67.6 cm³/mol. The van der Waals surface area contributed by atoms with E-state index in [1.807, 2.05) is 0 Å². The van der Waals surface area contributed by atoms with Gasteiger partial charge in [-0.25, -0.2) is 13.1 Å². The Balaban J connectivity index is 2.60. The summed E-state index contributed by atoms with van der Waals surface area (Å²) in [5.74, 6) is 0.826. The molecule has 0 aromatic carbocycles. The molecule has 0 unspecified atom stereocenters. The maximum absolute atomic E-state index is 12.0. The topological polar surface area (TPSA) is 94.6 Å². The van der Waals surface area contributed by atoms with Gasteiger partial charge in [0.25, 0.3) is 0 Å². The summed E-state index contributed by atoms with van der Waals surface area (Å²) < 4.78 is 36.6. The van der Waals surface area contributed by atoms with Crippen LogP contribution in [0.3, 0.4) is 0 Å². The van der Waals surface area contributed by atoms with E-state index in [4.69, 9.17) is 14.9 Å². The van der Waals surface area contributed by atoms with Gasteiger partial charge in [0.2, 0.25) is 10.0 Å². The van der Waals surface area contributed by atoms with E-state index in [1.165, 1.54) is 6.07 Å². The first-order valence-electron chi connectivity index (χ1n) is 5.79. The lowest BCUT2D eigenvalue weighted by atomic mass is 10.3. The highest BCUT2D eigenvalue weighted by molar-refractivity contribution is 7.89. The van der Waals surface area contributed by atoms with Crippen molar-refractivity contribution in [3.05, 3.63) is 17.6 Å². The fourth-order valence-electron chi connectivity index (χ4n) is 1.55. The Hall–Kier alpha value is -0.890. The van der Waals surface area contributed by atoms with Gasteiger partial charge in [-0.15, -0.1) is 0 Å². The molecule has 0 fully saturated rings. The van der Waals surface area contributed by atoms with Crippen LogP contribution < -0.4 is 10.5 Å². The number of nitrogens with two attached hydrogens (primary N) is 1. The summed E-state index contributed by atoms with van der Waals surface area (Å²) in [6.07, 6.45) is 1.55. The van der Waals surface area contributed by atoms with Gasteiger partial charge in [-0.2, -0.15) is 0 Å². The van der Waals surface area contributed by atoms with Crippen molar-refractivity contribution in [2.75, 3.05) is 20.3 Å². The molecule has 1 rings (SSSR count). The van der Waals surface area contributed by atoms with Gasteiger partial charge in [0.1, 0.15) is 16.4 Å². The van der Waals surface area contributed by atoms with E-state index in [1.54, 1.807) is 14.0 Å². The molecule has 0 radical (unpaired) electrons. The monoisotopic (exact) mass is 276 g/mol. The van der Waals surface area contributed by atoms with Gasteiger partial charge in [0.05, 0.1) is 6.54 Å². The molecule has 6 nitrogen and oxygen atoms in total. The SMILES string of the molecule is COCCCCNS(=O)(=O)c1cc(CN)oc1C. The lowest BCUT2D eigenvalue weighted by Gasteiger charge is -2.05. The molecule has 0 aliphatic rings. The van der Waals surface area contributed by atoms with Crippen molar-refractivity contribution in [2.24, 2.45) is 5.73 Å². The summed E-state index contributed by atoms with van der Waals surface area (Å²) >= 11 is 0. The molecular weight excluding hydrogens is 256 g/mol. The molecule has 0 aliphatic carbocycles. The van der Waals surface area contributed by atoms with E-state index >= 15 is 0 Å². The third-order valence-electron chi connectivity index (χ3n) is 2.48. The first-order chi connectivity index (χ1) is 8.51. The van der Waals surface area contributed by atoms with Gasteiger partial charge >= 0.3 is 0 Å². The molecule has 0 aliphatic heterocycles. The molecule has 0 atom stereocenters. The smallest absolute Gasteiger partial charge is 0.244 e. The van der Waals surface area contributed by atoms with Gasteiger partial charge < -0.3 is 14.9 Å². The summed E-state index contributed by atoms with van der Waals surface area (Å²) in [5.41, 5.74) is 5.41. The number of hydrogen-bond donors (Lipinski definition) is 2. The number of methoxy groups -OCH3 is 1. The number of rotatable bonds is 8. The first kappa shape index (κ1) is 15.2. The number of unbranched alkanes of at least 4 members (excludes halogenated alkanes) is 1. The third kappa shape index (κ3) is 4.09. The lowest BCUT2D eigenvalue weighted by Crippen LogP contribution is -2.25. The van der Waals surface area contributed by atoms with Crippen molar-refractivity contribution < 1.29 is 17.6 Å². The molecule has 18 heavy (non-hydrogen) atoms.